The fourth-order valence-electron chi connectivity index (χ4n) is 1.68. The molecule has 3 N–H and O–H groups in total. The molecule has 1 heterocycles. The molecular weight excluding hydrogens is 218 g/mol. The van der Waals surface area contributed by atoms with Gasteiger partial charge < -0.3 is 20.2 Å². The number of hydrogen-bond acceptors (Lipinski definition) is 4. The van der Waals surface area contributed by atoms with Crippen LogP contribution in [0, 0.1) is 0 Å². The van der Waals surface area contributed by atoms with Crippen molar-refractivity contribution in [3.8, 4) is 11.5 Å². The van der Waals surface area contributed by atoms with Crippen LogP contribution >= 0.6 is 0 Å². The van der Waals surface area contributed by atoms with Crippen LogP contribution in [0.2, 0.25) is 0 Å². The molecule has 5 nitrogen and oxygen atoms in total. The highest BCUT2D eigenvalue weighted by atomic mass is 16.5. The molecule has 1 aromatic heterocycles. The van der Waals surface area contributed by atoms with Gasteiger partial charge in [-0.05, 0) is 18.2 Å². The summed E-state index contributed by atoms with van der Waals surface area (Å²) in [5.41, 5.74) is 6.97. The molecule has 5 heteroatoms. The zero-order chi connectivity index (χ0) is 12.3. The molecule has 0 amide bonds. The molecule has 1 unspecified atom stereocenters. The third-order valence-corrected chi connectivity index (χ3v) is 2.59. The van der Waals surface area contributed by atoms with Crippen molar-refractivity contribution in [2.24, 2.45) is 5.73 Å². The van der Waals surface area contributed by atoms with E-state index in [4.69, 9.17) is 15.2 Å². The van der Waals surface area contributed by atoms with Crippen molar-refractivity contribution < 1.29 is 9.47 Å². The first-order chi connectivity index (χ1) is 8.26. The van der Waals surface area contributed by atoms with Gasteiger partial charge in [0.15, 0.2) is 0 Å². The van der Waals surface area contributed by atoms with Gasteiger partial charge in [-0.3, -0.25) is 0 Å². The van der Waals surface area contributed by atoms with Crippen molar-refractivity contribution >= 4 is 0 Å². The van der Waals surface area contributed by atoms with Crippen molar-refractivity contribution in [3.05, 3.63) is 42.0 Å². The summed E-state index contributed by atoms with van der Waals surface area (Å²) in [6.07, 6.45) is 3.41. The quantitative estimate of drug-likeness (QED) is 0.838. The number of aromatic nitrogens is 2. The number of nitrogens with two attached hydrogens (primary N) is 1. The number of nitrogens with one attached hydrogen (secondary N) is 1. The van der Waals surface area contributed by atoms with E-state index in [0.29, 0.717) is 5.82 Å². The van der Waals surface area contributed by atoms with Gasteiger partial charge in [0, 0.05) is 18.0 Å². The SMILES string of the molecule is COc1ccc(OC)c(C(N)c2ncc[nH]2)c1. The molecule has 1 atom stereocenters. The van der Waals surface area contributed by atoms with E-state index in [2.05, 4.69) is 9.97 Å². The zero-order valence-electron chi connectivity index (χ0n) is 9.81. The molecule has 0 radical (unpaired) electrons. The number of H-pyrrole nitrogens is 1. The van der Waals surface area contributed by atoms with Crippen LogP contribution in [-0.4, -0.2) is 24.2 Å². The largest absolute Gasteiger partial charge is 0.497 e. The fraction of sp³-hybridized carbons (Fsp3) is 0.250. The maximum Gasteiger partial charge on any atom is 0.127 e. The van der Waals surface area contributed by atoms with Crippen molar-refractivity contribution in [2.45, 2.75) is 6.04 Å². The predicted octanol–water partition coefficient (Wildman–Crippen LogP) is 1.48. The lowest BCUT2D eigenvalue weighted by molar-refractivity contribution is 0.396. The molecular formula is C12H15N3O2. The molecule has 2 aromatic rings. The second-order valence-corrected chi connectivity index (χ2v) is 3.56. The average molecular weight is 233 g/mol. The molecule has 0 aliphatic rings. The number of methoxy groups -OCH3 is 2. The second-order valence-electron chi connectivity index (χ2n) is 3.56. The molecule has 0 fully saturated rings. The summed E-state index contributed by atoms with van der Waals surface area (Å²) in [6.45, 7) is 0. The molecule has 0 aliphatic heterocycles. The predicted molar refractivity (Wildman–Crippen MR) is 64.2 cm³/mol. The maximum absolute atomic E-state index is 6.13. The van der Waals surface area contributed by atoms with E-state index in [9.17, 15) is 0 Å². The van der Waals surface area contributed by atoms with E-state index in [1.807, 2.05) is 18.2 Å². The molecule has 0 spiro atoms. The van der Waals surface area contributed by atoms with Gasteiger partial charge in [-0.1, -0.05) is 0 Å². The summed E-state index contributed by atoms with van der Waals surface area (Å²) in [6, 6.07) is 5.15. The Morgan fingerprint density at radius 1 is 1.29 bits per heavy atom. The van der Waals surface area contributed by atoms with Crippen LogP contribution in [0.1, 0.15) is 17.4 Å². The Labute approximate surface area is 99.6 Å². The summed E-state index contributed by atoms with van der Waals surface area (Å²) < 4.78 is 10.5. The smallest absolute Gasteiger partial charge is 0.127 e. The van der Waals surface area contributed by atoms with Gasteiger partial charge in [-0.2, -0.15) is 0 Å². The number of imidazole rings is 1. The minimum Gasteiger partial charge on any atom is -0.497 e. The van der Waals surface area contributed by atoms with Crippen LogP contribution in [0.4, 0.5) is 0 Å². The minimum absolute atomic E-state index is 0.366. The van der Waals surface area contributed by atoms with Crippen molar-refractivity contribution in [2.75, 3.05) is 14.2 Å². The molecule has 0 aliphatic carbocycles. The van der Waals surface area contributed by atoms with E-state index < -0.39 is 0 Å². The normalized spacial score (nSPS) is 12.2. The summed E-state index contributed by atoms with van der Waals surface area (Å²) >= 11 is 0. The topological polar surface area (TPSA) is 73.2 Å². The van der Waals surface area contributed by atoms with E-state index in [1.165, 1.54) is 0 Å². The highest BCUT2D eigenvalue weighted by Gasteiger charge is 2.16. The number of nitrogens with zero attached hydrogens (tertiary/aromatic N) is 1. The van der Waals surface area contributed by atoms with Crippen molar-refractivity contribution in [1.82, 2.24) is 9.97 Å². The van der Waals surface area contributed by atoms with Gasteiger partial charge in [-0.15, -0.1) is 0 Å². The lowest BCUT2D eigenvalue weighted by Crippen LogP contribution is -2.14. The number of ether oxygens (including phenoxy) is 2. The van der Waals surface area contributed by atoms with Crippen LogP contribution < -0.4 is 15.2 Å². The molecule has 0 bridgehead atoms. The average Bonchev–Trinajstić information content (AvgIpc) is 2.91. The third-order valence-electron chi connectivity index (χ3n) is 2.59. The Morgan fingerprint density at radius 2 is 2.12 bits per heavy atom. The zero-order valence-corrected chi connectivity index (χ0v) is 9.81. The van der Waals surface area contributed by atoms with Gasteiger partial charge in [0.2, 0.25) is 0 Å². The highest BCUT2D eigenvalue weighted by molar-refractivity contribution is 5.44. The minimum atomic E-state index is -0.366. The standard InChI is InChI=1S/C12H15N3O2/c1-16-8-3-4-10(17-2)9(7-8)11(13)12-14-5-6-15-12/h3-7,11H,13H2,1-2H3,(H,14,15). The number of aromatic amines is 1. The summed E-state index contributed by atoms with van der Waals surface area (Å²) in [4.78, 5) is 7.14. The van der Waals surface area contributed by atoms with Gasteiger partial charge in [0.1, 0.15) is 17.3 Å². The molecule has 1 aromatic carbocycles. The second kappa shape index (κ2) is 4.88. The number of hydrogen-bond donors (Lipinski definition) is 2. The Morgan fingerprint density at radius 3 is 2.71 bits per heavy atom. The van der Waals surface area contributed by atoms with Crippen LogP contribution in [0.25, 0.3) is 0 Å². The maximum atomic E-state index is 6.13. The Hall–Kier alpha value is -2.01. The Kier molecular flexibility index (Phi) is 3.30. The Bertz CT molecular complexity index is 483. The van der Waals surface area contributed by atoms with Crippen LogP contribution in [-0.2, 0) is 0 Å². The first-order valence-electron chi connectivity index (χ1n) is 5.23. The summed E-state index contributed by atoms with van der Waals surface area (Å²) in [5.74, 6) is 2.15. The Balaban J connectivity index is 2.41. The van der Waals surface area contributed by atoms with E-state index in [1.54, 1.807) is 26.6 Å². The summed E-state index contributed by atoms with van der Waals surface area (Å²) in [5, 5.41) is 0. The van der Waals surface area contributed by atoms with Crippen molar-refractivity contribution in [1.29, 1.82) is 0 Å². The molecule has 0 saturated carbocycles. The molecule has 90 valence electrons. The molecule has 2 rings (SSSR count). The first-order valence-corrected chi connectivity index (χ1v) is 5.23. The fourth-order valence-corrected chi connectivity index (χ4v) is 1.68. The van der Waals surface area contributed by atoms with E-state index >= 15 is 0 Å². The van der Waals surface area contributed by atoms with Gasteiger partial charge in [-0.25, -0.2) is 4.98 Å². The highest BCUT2D eigenvalue weighted by Crippen LogP contribution is 2.30. The van der Waals surface area contributed by atoms with E-state index in [0.717, 1.165) is 17.1 Å². The van der Waals surface area contributed by atoms with Crippen LogP contribution in [0.5, 0.6) is 11.5 Å². The first kappa shape index (κ1) is 11.5. The molecule has 0 saturated heterocycles. The van der Waals surface area contributed by atoms with Gasteiger partial charge in [0.25, 0.3) is 0 Å². The number of rotatable bonds is 4. The lowest BCUT2D eigenvalue weighted by Gasteiger charge is -2.15. The van der Waals surface area contributed by atoms with Crippen molar-refractivity contribution in [3.63, 3.8) is 0 Å². The van der Waals surface area contributed by atoms with Crippen LogP contribution in [0.3, 0.4) is 0 Å². The summed E-state index contributed by atoms with van der Waals surface area (Å²) in [7, 11) is 3.23. The number of benzene rings is 1. The molecule has 17 heavy (non-hydrogen) atoms. The van der Waals surface area contributed by atoms with E-state index in [-0.39, 0.29) is 6.04 Å². The van der Waals surface area contributed by atoms with Gasteiger partial charge in [0.05, 0.1) is 20.3 Å². The van der Waals surface area contributed by atoms with Gasteiger partial charge >= 0.3 is 0 Å². The lowest BCUT2D eigenvalue weighted by atomic mass is 10.1. The van der Waals surface area contributed by atoms with Crippen LogP contribution in [0.15, 0.2) is 30.6 Å². The third kappa shape index (κ3) is 2.24. The monoisotopic (exact) mass is 233 g/mol.